The van der Waals surface area contributed by atoms with Crippen LogP contribution in [0.25, 0.3) is 5.57 Å². The van der Waals surface area contributed by atoms with Gasteiger partial charge in [0.15, 0.2) is 0 Å². The number of rotatable bonds is 1. The summed E-state index contributed by atoms with van der Waals surface area (Å²) in [5.74, 6) is 0. The predicted molar refractivity (Wildman–Crippen MR) is 87.9 cm³/mol. The van der Waals surface area contributed by atoms with Gasteiger partial charge in [0, 0.05) is 9.41 Å². The second-order valence-electron chi connectivity index (χ2n) is 5.02. The molecule has 102 valence electrons. The van der Waals surface area contributed by atoms with E-state index in [1.165, 1.54) is 11.1 Å². The normalized spacial score (nSPS) is 16.2. The fourth-order valence-electron chi connectivity index (χ4n) is 2.86. The molecule has 1 aliphatic heterocycles. The maximum Gasteiger partial charge on any atom is 0.0355 e. The second kappa shape index (κ2) is 4.99. The summed E-state index contributed by atoms with van der Waals surface area (Å²) >= 11 is 0. The van der Waals surface area contributed by atoms with Gasteiger partial charge in [-0.2, -0.15) is 0 Å². The lowest BCUT2D eigenvalue weighted by Crippen LogP contribution is -2.14. The van der Waals surface area contributed by atoms with Crippen molar-refractivity contribution in [1.29, 1.82) is 0 Å². The van der Waals surface area contributed by atoms with Crippen LogP contribution >= 0.6 is 10.8 Å². The molecule has 1 nitrogen and oxygen atoms in total. The SMILES string of the molecule is OS1=c2ccccc2=C(c2ccccc2)c2ccccc21. The standard InChI is InChI=1S/C19H14OS/c20-21-17-12-6-4-10-15(17)19(14-8-2-1-3-9-14)16-11-5-7-13-18(16)21/h1-13,20H. The van der Waals surface area contributed by atoms with Crippen molar-refractivity contribution in [3.05, 3.63) is 99.7 Å². The molecule has 0 spiro atoms. The molecule has 1 atom stereocenters. The van der Waals surface area contributed by atoms with Crippen LogP contribution in [0.15, 0.2) is 83.8 Å². The Balaban J connectivity index is 2.23. The van der Waals surface area contributed by atoms with E-state index in [9.17, 15) is 4.55 Å². The number of hydrogen-bond donors (Lipinski definition) is 1. The van der Waals surface area contributed by atoms with Gasteiger partial charge in [0.1, 0.15) is 0 Å². The maximum absolute atomic E-state index is 10.7. The second-order valence-corrected chi connectivity index (χ2v) is 6.47. The van der Waals surface area contributed by atoms with E-state index in [0.29, 0.717) is 0 Å². The molecule has 3 aromatic carbocycles. The van der Waals surface area contributed by atoms with E-state index in [1.54, 1.807) is 0 Å². The van der Waals surface area contributed by atoms with E-state index < -0.39 is 10.8 Å². The van der Waals surface area contributed by atoms with Crippen molar-refractivity contribution in [2.45, 2.75) is 4.90 Å². The van der Waals surface area contributed by atoms with Gasteiger partial charge in [0.25, 0.3) is 0 Å². The zero-order valence-corrected chi connectivity index (χ0v) is 12.2. The monoisotopic (exact) mass is 290 g/mol. The molecule has 0 aromatic heterocycles. The van der Waals surface area contributed by atoms with Crippen LogP contribution in [0.5, 0.6) is 0 Å². The van der Waals surface area contributed by atoms with Gasteiger partial charge in [-0.25, -0.2) is 0 Å². The molecule has 1 heterocycles. The molecule has 0 radical (unpaired) electrons. The van der Waals surface area contributed by atoms with Crippen LogP contribution < -0.4 is 5.22 Å². The summed E-state index contributed by atoms with van der Waals surface area (Å²) in [5, 5.41) is 1.13. The molecule has 1 N–H and O–H groups in total. The zero-order valence-electron chi connectivity index (χ0n) is 11.4. The first-order valence-electron chi connectivity index (χ1n) is 6.91. The van der Waals surface area contributed by atoms with Crippen molar-refractivity contribution in [2.24, 2.45) is 0 Å². The van der Waals surface area contributed by atoms with Crippen LogP contribution in [0, 0.1) is 4.51 Å². The Kier molecular flexibility index (Phi) is 2.99. The van der Waals surface area contributed by atoms with Gasteiger partial charge in [-0.05, 0) is 44.8 Å². The number of hydrogen-bond acceptors (Lipinski definition) is 1. The molecule has 1 unspecified atom stereocenters. The van der Waals surface area contributed by atoms with Gasteiger partial charge in [-0.15, -0.1) is 0 Å². The molecule has 1 aliphatic rings. The van der Waals surface area contributed by atoms with Crippen LogP contribution in [-0.4, -0.2) is 4.55 Å². The van der Waals surface area contributed by atoms with Gasteiger partial charge >= 0.3 is 0 Å². The maximum atomic E-state index is 10.7. The third kappa shape index (κ3) is 1.96. The van der Waals surface area contributed by atoms with Gasteiger partial charge in [0.05, 0.1) is 0 Å². The summed E-state index contributed by atoms with van der Waals surface area (Å²) in [6.45, 7) is 0. The highest BCUT2D eigenvalue weighted by Crippen LogP contribution is 2.37. The summed E-state index contributed by atoms with van der Waals surface area (Å²) in [7, 11) is -0.855. The van der Waals surface area contributed by atoms with E-state index in [0.717, 1.165) is 20.2 Å². The Bertz CT molecular complexity index is 943. The molecular formula is C19H14OS. The van der Waals surface area contributed by atoms with Crippen molar-refractivity contribution >= 4 is 16.3 Å². The average molecular weight is 290 g/mol. The molecule has 0 saturated heterocycles. The molecule has 3 aromatic rings. The predicted octanol–water partition coefficient (Wildman–Crippen LogP) is 4.30. The molecule has 21 heavy (non-hydrogen) atoms. The van der Waals surface area contributed by atoms with Crippen LogP contribution in [0.3, 0.4) is 0 Å². The summed E-state index contributed by atoms with van der Waals surface area (Å²) in [6, 6.07) is 26.7. The first-order valence-corrected chi connectivity index (χ1v) is 8.09. The lowest BCUT2D eigenvalue weighted by Gasteiger charge is -2.19. The van der Waals surface area contributed by atoms with E-state index in [2.05, 4.69) is 36.4 Å². The van der Waals surface area contributed by atoms with Gasteiger partial charge in [-0.1, -0.05) is 66.7 Å². The highest BCUT2D eigenvalue weighted by molar-refractivity contribution is 8.04. The van der Waals surface area contributed by atoms with Gasteiger partial charge in [0.2, 0.25) is 0 Å². The summed E-state index contributed by atoms with van der Waals surface area (Å²) < 4.78 is 11.7. The first kappa shape index (κ1) is 12.6. The fourth-order valence-corrected chi connectivity index (χ4v) is 4.27. The summed E-state index contributed by atoms with van der Waals surface area (Å²) in [5.41, 5.74) is 3.53. The lowest BCUT2D eigenvalue weighted by molar-refractivity contribution is 0.656. The quantitative estimate of drug-likeness (QED) is 0.663. The molecule has 0 fully saturated rings. The summed E-state index contributed by atoms with van der Waals surface area (Å²) in [6.07, 6.45) is 0. The van der Waals surface area contributed by atoms with Crippen molar-refractivity contribution in [3.8, 4) is 0 Å². The Hall–Kier alpha value is -2.16. The van der Waals surface area contributed by atoms with E-state index in [-0.39, 0.29) is 0 Å². The van der Waals surface area contributed by atoms with Gasteiger partial charge < -0.3 is 4.55 Å². The molecular weight excluding hydrogens is 276 g/mol. The lowest BCUT2D eigenvalue weighted by atomic mass is 9.95. The van der Waals surface area contributed by atoms with Gasteiger partial charge in [-0.3, -0.25) is 0 Å². The van der Waals surface area contributed by atoms with Crippen LogP contribution in [0.4, 0.5) is 0 Å². The zero-order chi connectivity index (χ0) is 14.2. The van der Waals surface area contributed by atoms with E-state index in [4.69, 9.17) is 0 Å². The number of fused-ring (bicyclic) bond motifs is 2. The summed E-state index contributed by atoms with van der Waals surface area (Å²) in [4.78, 5) is 1.01. The highest BCUT2D eigenvalue weighted by Gasteiger charge is 2.17. The smallest absolute Gasteiger partial charge is 0.0355 e. The Labute approximate surface area is 126 Å². The minimum atomic E-state index is -0.855. The van der Waals surface area contributed by atoms with Crippen molar-refractivity contribution in [3.63, 3.8) is 0 Å². The Morgan fingerprint density at radius 2 is 1.33 bits per heavy atom. The van der Waals surface area contributed by atoms with E-state index >= 15 is 0 Å². The van der Waals surface area contributed by atoms with Crippen LogP contribution in [-0.2, 0) is 0 Å². The largest absolute Gasteiger partial charge is 0.332 e. The minimum Gasteiger partial charge on any atom is -0.332 e. The average Bonchev–Trinajstić information content (AvgIpc) is 2.56. The van der Waals surface area contributed by atoms with Crippen molar-refractivity contribution in [2.75, 3.05) is 0 Å². The molecule has 0 aliphatic carbocycles. The minimum absolute atomic E-state index is 0.855. The van der Waals surface area contributed by atoms with Crippen molar-refractivity contribution < 1.29 is 4.55 Å². The third-order valence-electron chi connectivity index (χ3n) is 3.79. The number of benzene rings is 3. The van der Waals surface area contributed by atoms with E-state index in [1.807, 2.05) is 42.5 Å². The van der Waals surface area contributed by atoms with Crippen molar-refractivity contribution in [1.82, 2.24) is 0 Å². The highest BCUT2D eigenvalue weighted by atomic mass is 32.2. The van der Waals surface area contributed by atoms with Crippen LogP contribution in [0.2, 0.25) is 0 Å². The Morgan fingerprint density at radius 3 is 2.19 bits per heavy atom. The molecule has 4 rings (SSSR count). The molecule has 0 saturated carbocycles. The molecule has 2 heteroatoms. The molecule has 0 amide bonds. The topological polar surface area (TPSA) is 20.2 Å². The Morgan fingerprint density at radius 1 is 0.667 bits per heavy atom. The van der Waals surface area contributed by atoms with Crippen LogP contribution in [0.1, 0.15) is 11.1 Å². The molecule has 0 bridgehead atoms. The fraction of sp³-hybridized carbons (Fsp3) is 0. The first-order chi connectivity index (χ1) is 10.4. The third-order valence-corrected chi connectivity index (χ3v) is 5.34.